The first kappa shape index (κ1) is 18.4. The smallest absolute Gasteiger partial charge is 0.208 e. The van der Waals surface area contributed by atoms with Crippen LogP contribution in [0.3, 0.4) is 0 Å². The van der Waals surface area contributed by atoms with Crippen LogP contribution in [0.4, 0.5) is 9.52 Å². The quantitative estimate of drug-likeness (QED) is 0.676. The van der Waals surface area contributed by atoms with E-state index in [1.54, 1.807) is 18.3 Å². The molecule has 2 aliphatic rings. The first-order valence-corrected chi connectivity index (χ1v) is 10.5. The largest absolute Gasteiger partial charge is 0.507 e. The van der Waals surface area contributed by atoms with Gasteiger partial charge in [0.05, 0.1) is 29.2 Å². The average Bonchev–Trinajstić information content (AvgIpc) is 3.44. The van der Waals surface area contributed by atoms with Crippen LogP contribution in [0, 0.1) is 6.92 Å². The van der Waals surface area contributed by atoms with Crippen molar-refractivity contribution in [2.24, 2.45) is 0 Å². The maximum atomic E-state index is 14.9. The molecule has 3 aromatic rings. The fraction of sp³-hybridized carbons (Fsp3) is 0.474. The summed E-state index contributed by atoms with van der Waals surface area (Å²) >= 11 is 1.35. The topological polar surface area (TPSA) is 92.0 Å². The Bertz CT molecular complexity index is 1040. The van der Waals surface area contributed by atoms with Gasteiger partial charge in [-0.15, -0.1) is 10.2 Å². The van der Waals surface area contributed by atoms with E-state index in [9.17, 15) is 9.50 Å². The van der Waals surface area contributed by atoms with Crippen molar-refractivity contribution in [2.75, 3.05) is 11.9 Å². The van der Waals surface area contributed by atoms with Gasteiger partial charge in [0.25, 0.3) is 0 Å². The van der Waals surface area contributed by atoms with Gasteiger partial charge in [-0.1, -0.05) is 11.3 Å². The molecule has 8 nitrogen and oxygen atoms in total. The monoisotopic (exact) mass is 415 g/mol. The molecule has 2 fully saturated rings. The van der Waals surface area contributed by atoms with Crippen LogP contribution < -0.4 is 10.2 Å². The third-order valence-electron chi connectivity index (χ3n) is 5.82. The molecule has 0 saturated carbocycles. The summed E-state index contributed by atoms with van der Waals surface area (Å²) in [7, 11) is 1.88. The molecule has 2 aromatic heterocycles. The first-order chi connectivity index (χ1) is 14.0. The number of alkyl halides is 1. The van der Waals surface area contributed by atoms with Gasteiger partial charge in [-0.3, -0.25) is 0 Å². The van der Waals surface area contributed by atoms with Gasteiger partial charge in [0.2, 0.25) is 5.13 Å². The highest BCUT2D eigenvalue weighted by Crippen LogP contribution is 2.38. The summed E-state index contributed by atoms with van der Waals surface area (Å²) in [5.41, 5.74) is 2.03. The summed E-state index contributed by atoms with van der Waals surface area (Å²) in [5.74, 6) is 0.0751. The molecular weight excluding hydrogens is 393 g/mol. The Morgan fingerprint density at radius 3 is 2.93 bits per heavy atom. The van der Waals surface area contributed by atoms with Gasteiger partial charge in [0.1, 0.15) is 11.9 Å². The van der Waals surface area contributed by atoms with Gasteiger partial charge in [-0.2, -0.15) is 15.0 Å². The Balaban J connectivity index is 1.38. The summed E-state index contributed by atoms with van der Waals surface area (Å²) in [6.07, 6.45) is 3.41. The summed E-state index contributed by atoms with van der Waals surface area (Å²) in [5, 5.41) is 32.0. The normalized spacial score (nSPS) is 26.0. The van der Waals surface area contributed by atoms with Crippen molar-refractivity contribution in [2.45, 2.75) is 50.5 Å². The second-order valence-corrected chi connectivity index (χ2v) is 8.73. The zero-order valence-corrected chi connectivity index (χ0v) is 17.0. The van der Waals surface area contributed by atoms with Crippen LogP contribution in [0.15, 0.2) is 24.4 Å². The highest BCUT2D eigenvalue weighted by atomic mass is 32.1. The van der Waals surface area contributed by atoms with E-state index in [1.807, 2.05) is 24.9 Å². The molecule has 1 aromatic carbocycles. The Morgan fingerprint density at radius 2 is 2.17 bits per heavy atom. The predicted molar refractivity (Wildman–Crippen MR) is 108 cm³/mol. The van der Waals surface area contributed by atoms with Crippen molar-refractivity contribution in [3.05, 3.63) is 30.1 Å². The number of rotatable bonds is 4. The number of nitrogens with one attached hydrogen (secondary N) is 1. The number of hydrogen-bond donors (Lipinski definition) is 2. The molecule has 2 saturated heterocycles. The molecule has 2 N–H and O–H groups in total. The summed E-state index contributed by atoms with van der Waals surface area (Å²) < 4.78 is 14.9. The number of fused-ring (bicyclic) bond motifs is 2. The number of halogens is 1. The Hall–Kier alpha value is -2.59. The number of aromatic nitrogens is 5. The molecule has 10 heteroatoms. The van der Waals surface area contributed by atoms with E-state index in [2.05, 4.69) is 25.7 Å². The van der Waals surface area contributed by atoms with E-state index in [1.165, 1.54) is 16.1 Å². The lowest BCUT2D eigenvalue weighted by Gasteiger charge is -2.38. The molecule has 2 aliphatic heterocycles. The van der Waals surface area contributed by atoms with Crippen LogP contribution in [0.5, 0.6) is 5.75 Å². The van der Waals surface area contributed by atoms with E-state index in [0.29, 0.717) is 27.4 Å². The lowest BCUT2D eigenvalue weighted by Crippen LogP contribution is -2.55. The maximum absolute atomic E-state index is 14.9. The highest BCUT2D eigenvalue weighted by Gasteiger charge is 2.44. The van der Waals surface area contributed by atoms with Crippen LogP contribution >= 0.6 is 11.3 Å². The van der Waals surface area contributed by atoms with Crippen molar-refractivity contribution in [1.82, 2.24) is 30.5 Å². The lowest BCUT2D eigenvalue weighted by molar-refractivity contribution is 0.176. The summed E-state index contributed by atoms with van der Waals surface area (Å²) in [4.78, 5) is 3.37. The van der Waals surface area contributed by atoms with Gasteiger partial charge in [0, 0.05) is 25.2 Å². The van der Waals surface area contributed by atoms with Crippen LogP contribution in [0.1, 0.15) is 25.0 Å². The predicted octanol–water partition coefficient (Wildman–Crippen LogP) is 2.47. The van der Waals surface area contributed by atoms with Crippen molar-refractivity contribution < 1.29 is 9.50 Å². The number of aryl methyl sites for hydroxylation is 1. The maximum Gasteiger partial charge on any atom is 0.208 e. The molecule has 152 valence electrons. The zero-order valence-electron chi connectivity index (χ0n) is 16.2. The molecule has 0 radical (unpaired) electrons. The van der Waals surface area contributed by atoms with Gasteiger partial charge < -0.3 is 15.3 Å². The van der Waals surface area contributed by atoms with Crippen molar-refractivity contribution in [3.63, 3.8) is 0 Å². The third kappa shape index (κ3) is 3.25. The summed E-state index contributed by atoms with van der Waals surface area (Å²) in [6, 6.07) is 5.30. The van der Waals surface area contributed by atoms with E-state index < -0.39 is 6.17 Å². The number of phenolic OH excluding ortho intramolecular Hbond substituents is 1. The molecule has 4 atom stereocenters. The van der Waals surface area contributed by atoms with Crippen molar-refractivity contribution >= 4 is 16.5 Å². The Labute approximate surface area is 171 Å². The van der Waals surface area contributed by atoms with Crippen LogP contribution in [0.25, 0.3) is 16.3 Å². The minimum atomic E-state index is -0.927. The molecule has 4 heterocycles. The standard InChI is InChI=1S/C19H22FN7OS/c1-10-9-21-27(25-10)12-4-5-13(16(28)8-12)18-23-24-19(29-18)26(2)15-7-11-3-6-14(22-11)17(15)20/h4-5,8-9,11,14-15,17,22,28H,3,6-7H2,1-2H3/t11?,14?,15-,17-/m0/s1. The van der Waals surface area contributed by atoms with Crippen LogP contribution in [-0.4, -0.2) is 61.6 Å². The second-order valence-electron chi connectivity index (χ2n) is 7.77. The van der Waals surface area contributed by atoms with Crippen molar-refractivity contribution in [1.29, 1.82) is 0 Å². The molecular formula is C19H22FN7OS. The van der Waals surface area contributed by atoms with Gasteiger partial charge in [-0.25, -0.2) is 4.39 Å². The number of anilines is 1. The highest BCUT2D eigenvalue weighted by molar-refractivity contribution is 7.18. The number of benzene rings is 1. The molecule has 0 amide bonds. The fourth-order valence-corrected chi connectivity index (χ4v) is 5.14. The number of piperidine rings is 1. The molecule has 29 heavy (non-hydrogen) atoms. The number of aromatic hydroxyl groups is 1. The zero-order chi connectivity index (χ0) is 20.1. The molecule has 5 rings (SSSR count). The number of nitrogens with zero attached hydrogens (tertiary/aromatic N) is 6. The molecule has 0 spiro atoms. The molecule has 2 unspecified atom stereocenters. The average molecular weight is 415 g/mol. The van der Waals surface area contributed by atoms with E-state index in [-0.39, 0.29) is 17.8 Å². The van der Waals surface area contributed by atoms with Gasteiger partial charge in [-0.05, 0) is 38.3 Å². The minimum absolute atomic E-state index is 0.0651. The van der Waals surface area contributed by atoms with Gasteiger partial charge >= 0.3 is 0 Å². The SMILES string of the molecule is Cc1cnn(-c2ccc(-c3nnc(N(C)[C@H]4CC5CCC(N5)[C@@H]4F)s3)c(O)c2)n1. The molecule has 2 bridgehead atoms. The van der Waals surface area contributed by atoms with E-state index >= 15 is 0 Å². The van der Waals surface area contributed by atoms with Gasteiger partial charge in [0.15, 0.2) is 5.01 Å². The Morgan fingerprint density at radius 1 is 1.31 bits per heavy atom. The number of phenols is 1. The second kappa shape index (κ2) is 7.03. The van der Waals surface area contributed by atoms with Crippen LogP contribution in [-0.2, 0) is 0 Å². The molecule has 0 aliphatic carbocycles. The first-order valence-electron chi connectivity index (χ1n) is 9.69. The minimum Gasteiger partial charge on any atom is -0.507 e. The third-order valence-corrected chi connectivity index (χ3v) is 6.86. The Kier molecular flexibility index (Phi) is 4.47. The fourth-order valence-electron chi connectivity index (χ4n) is 4.25. The summed E-state index contributed by atoms with van der Waals surface area (Å²) in [6.45, 7) is 1.85. The van der Waals surface area contributed by atoms with Crippen molar-refractivity contribution in [3.8, 4) is 22.0 Å². The number of hydrogen-bond acceptors (Lipinski definition) is 8. The van der Waals surface area contributed by atoms with E-state index in [0.717, 1.165) is 25.0 Å². The lowest BCUT2D eigenvalue weighted by atomic mass is 9.97. The van der Waals surface area contributed by atoms with Crippen LogP contribution in [0.2, 0.25) is 0 Å². The van der Waals surface area contributed by atoms with E-state index in [4.69, 9.17) is 0 Å².